The van der Waals surface area contributed by atoms with Crippen molar-refractivity contribution in [1.29, 1.82) is 0 Å². The average molecular weight is 242 g/mol. The minimum Gasteiger partial charge on any atom is -0.347 e. The number of Topliss-reactive ketones (excluding diaryl/α,β-unsaturated/α-hetero) is 1. The summed E-state index contributed by atoms with van der Waals surface area (Å²) < 4.78 is 2.10. The average Bonchev–Trinajstić information content (AvgIpc) is 3.16. The SMILES string of the molecule is Cc1c(C(=O)CNC2CC2)c2ccccc2n1C. The molecule has 2 aromatic rings. The zero-order valence-corrected chi connectivity index (χ0v) is 10.9. The molecule has 94 valence electrons. The number of hydrogen-bond acceptors (Lipinski definition) is 2. The Bertz CT molecular complexity index is 608. The van der Waals surface area contributed by atoms with Crippen LogP contribution in [-0.4, -0.2) is 22.9 Å². The molecule has 0 atom stereocenters. The van der Waals surface area contributed by atoms with Gasteiger partial charge >= 0.3 is 0 Å². The van der Waals surface area contributed by atoms with E-state index in [4.69, 9.17) is 0 Å². The third kappa shape index (κ3) is 1.85. The van der Waals surface area contributed by atoms with E-state index in [9.17, 15) is 4.79 Å². The molecular weight excluding hydrogens is 224 g/mol. The lowest BCUT2D eigenvalue weighted by atomic mass is 10.1. The van der Waals surface area contributed by atoms with E-state index in [1.54, 1.807) is 0 Å². The van der Waals surface area contributed by atoms with Crippen molar-refractivity contribution in [1.82, 2.24) is 9.88 Å². The summed E-state index contributed by atoms with van der Waals surface area (Å²) in [6, 6.07) is 8.68. The van der Waals surface area contributed by atoms with Gasteiger partial charge in [0.2, 0.25) is 0 Å². The fraction of sp³-hybridized carbons (Fsp3) is 0.400. The highest BCUT2D eigenvalue weighted by Gasteiger charge is 2.23. The molecule has 3 heteroatoms. The van der Waals surface area contributed by atoms with E-state index in [2.05, 4.69) is 16.0 Å². The van der Waals surface area contributed by atoms with Crippen molar-refractivity contribution in [3.8, 4) is 0 Å². The van der Waals surface area contributed by atoms with Crippen LogP contribution in [0.4, 0.5) is 0 Å². The van der Waals surface area contributed by atoms with Gasteiger partial charge < -0.3 is 9.88 Å². The van der Waals surface area contributed by atoms with Crippen molar-refractivity contribution in [3.63, 3.8) is 0 Å². The lowest BCUT2D eigenvalue weighted by Gasteiger charge is -2.03. The predicted octanol–water partition coefficient (Wildman–Crippen LogP) is 2.42. The second-order valence-corrected chi connectivity index (χ2v) is 5.11. The van der Waals surface area contributed by atoms with Gasteiger partial charge in [0.1, 0.15) is 0 Å². The van der Waals surface area contributed by atoms with Gasteiger partial charge in [0.05, 0.1) is 6.54 Å². The van der Waals surface area contributed by atoms with E-state index in [1.165, 1.54) is 12.8 Å². The van der Waals surface area contributed by atoms with E-state index >= 15 is 0 Å². The van der Waals surface area contributed by atoms with Gasteiger partial charge in [-0.2, -0.15) is 0 Å². The summed E-state index contributed by atoms with van der Waals surface area (Å²) in [5.74, 6) is 0.205. The molecule has 1 aromatic heterocycles. The maximum absolute atomic E-state index is 12.3. The van der Waals surface area contributed by atoms with Crippen LogP contribution in [0.1, 0.15) is 28.9 Å². The van der Waals surface area contributed by atoms with Crippen molar-refractivity contribution in [3.05, 3.63) is 35.5 Å². The smallest absolute Gasteiger partial charge is 0.179 e. The summed E-state index contributed by atoms with van der Waals surface area (Å²) in [4.78, 5) is 12.3. The van der Waals surface area contributed by atoms with Crippen molar-refractivity contribution in [2.75, 3.05) is 6.54 Å². The molecule has 1 N–H and O–H groups in total. The molecule has 0 amide bonds. The quantitative estimate of drug-likeness (QED) is 0.835. The van der Waals surface area contributed by atoms with Crippen LogP contribution in [0.25, 0.3) is 10.9 Å². The lowest BCUT2D eigenvalue weighted by molar-refractivity contribution is 0.0991. The Morgan fingerprint density at radius 1 is 1.39 bits per heavy atom. The van der Waals surface area contributed by atoms with Crippen LogP contribution < -0.4 is 5.32 Å². The molecule has 1 fully saturated rings. The first kappa shape index (κ1) is 11.5. The predicted molar refractivity (Wildman–Crippen MR) is 73.0 cm³/mol. The van der Waals surface area contributed by atoms with Gasteiger partial charge in [0.15, 0.2) is 5.78 Å². The molecule has 0 spiro atoms. The third-order valence-corrected chi connectivity index (χ3v) is 3.81. The Hall–Kier alpha value is -1.61. The van der Waals surface area contributed by atoms with Gasteiger partial charge in [-0.3, -0.25) is 4.79 Å². The number of benzene rings is 1. The number of rotatable bonds is 4. The van der Waals surface area contributed by atoms with Crippen molar-refractivity contribution >= 4 is 16.7 Å². The highest BCUT2D eigenvalue weighted by molar-refractivity contribution is 6.10. The Balaban J connectivity index is 1.98. The summed E-state index contributed by atoms with van der Waals surface area (Å²) in [5, 5.41) is 4.37. The van der Waals surface area contributed by atoms with Crippen LogP contribution in [0.3, 0.4) is 0 Å². The second kappa shape index (κ2) is 4.25. The number of nitrogens with one attached hydrogen (secondary N) is 1. The number of carbonyl (C=O) groups excluding carboxylic acids is 1. The summed E-state index contributed by atoms with van der Waals surface area (Å²) in [6.07, 6.45) is 2.42. The fourth-order valence-corrected chi connectivity index (χ4v) is 2.49. The first-order valence-corrected chi connectivity index (χ1v) is 6.49. The maximum atomic E-state index is 12.3. The fourth-order valence-electron chi connectivity index (χ4n) is 2.49. The molecule has 1 aliphatic rings. The first-order chi connectivity index (χ1) is 8.68. The minimum atomic E-state index is 0.205. The summed E-state index contributed by atoms with van der Waals surface area (Å²) >= 11 is 0. The first-order valence-electron chi connectivity index (χ1n) is 6.49. The maximum Gasteiger partial charge on any atom is 0.179 e. The molecule has 3 rings (SSSR count). The molecule has 0 bridgehead atoms. The van der Waals surface area contributed by atoms with Crippen LogP contribution in [0.2, 0.25) is 0 Å². The van der Waals surface area contributed by atoms with Crippen LogP contribution in [0, 0.1) is 6.92 Å². The van der Waals surface area contributed by atoms with E-state index in [-0.39, 0.29) is 5.78 Å². The molecule has 1 heterocycles. The minimum absolute atomic E-state index is 0.205. The Morgan fingerprint density at radius 2 is 2.11 bits per heavy atom. The van der Waals surface area contributed by atoms with Crippen LogP contribution in [-0.2, 0) is 7.05 Å². The Kier molecular flexibility index (Phi) is 2.71. The molecule has 1 aliphatic carbocycles. The molecule has 0 aliphatic heterocycles. The molecule has 0 saturated heterocycles. The van der Waals surface area contributed by atoms with E-state index in [0.29, 0.717) is 12.6 Å². The van der Waals surface area contributed by atoms with E-state index < -0.39 is 0 Å². The normalized spacial score (nSPS) is 15.2. The van der Waals surface area contributed by atoms with Crippen LogP contribution >= 0.6 is 0 Å². The third-order valence-electron chi connectivity index (χ3n) is 3.81. The Labute approximate surface area is 107 Å². The molecule has 0 radical (unpaired) electrons. The highest BCUT2D eigenvalue weighted by atomic mass is 16.1. The number of fused-ring (bicyclic) bond motifs is 1. The van der Waals surface area contributed by atoms with Crippen molar-refractivity contribution < 1.29 is 4.79 Å². The summed E-state index contributed by atoms with van der Waals surface area (Å²) in [6.45, 7) is 2.48. The number of nitrogens with zero attached hydrogens (tertiary/aromatic N) is 1. The number of aryl methyl sites for hydroxylation is 1. The zero-order chi connectivity index (χ0) is 12.7. The van der Waals surface area contributed by atoms with Gasteiger partial charge in [-0.25, -0.2) is 0 Å². The number of carbonyl (C=O) groups is 1. The monoisotopic (exact) mass is 242 g/mol. The Morgan fingerprint density at radius 3 is 2.83 bits per heavy atom. The molecule has 1 saturated carbocycles. The highest BCUT2D eigenvalue weighted by Crippen LogP contribution is 2.25. The topological polar surface area (TPSA) is 34.0 Å². The van der Waals surface area contributed by atoms with E-state index in [1.807, 2.05) is 32.2 Å². The van der Waals surface area contributed by atoms with Crippen molar-refractivity contribution in [2.45, 2.75) is 25.8 Å². The summed E-state index contributed by atoms with van der Waals surface area (Å²) in [5.41, 5.74) is 3.06. The second-order valence-electron chi connectivity index (χ2n) is 5.11. The number of para-hydroxylation sites is 1. The van der Waals surface area contributed by atoms with Gasteiger partial charge in [-0.15, -0.1) is 0 Å². The van der Waals surface area contributed by atoms with Crippen LogP contribution in [0.15, 0.2) is 24.3 Å². The summed E-state index contributed by atoms with van der Waals surface area (Å²) in [7, 11) is 2.02. The van der Waals surface area contributed by atoms with Crippen LogP contribution in [0.5, 0.6) is 0 Å². The molecule has 1 aromatic carbocycles. The van der Waals surface area contributed by atoms with E-state index in [0.717, 1.165) is 22.2 Å². The number of aromatic nitrogens is 1. The van der Waals surface area contributed by atoms with Gasteiger partial charge in [0, 0.05) is 35.2 Å². The van der Waals surface area contributed by atoms with Gasteiger partial charge in [0.25, 0.3) is 0 Å². The number of ketones is 1. The molecule has 3 nitrogen and oxygen atoms in total. The molecule has 0 unspecified atom stereocenters. The zero-order valence-electron chi connectivity index (χ0n) is 10.9. The molecular formula is C15H18N2O. The van der Waals surface area contributed by atoms with Gasteiger partial charge in [-0.05, 0) is 25.8 Å². The van der Waals surface area contributed by atoms with Gasteiger partial charge in [-0.1, -0.05) is 18.2 Å². The molecule has 18 heavy (non-hydrogen) atoms. The lowest BCUT2D eigenvalue weighted by Crippen LogP contribution is -2.25. The standard InChI is InChI=1S/C15H18N2O/c1-10-15(14(18)9-16-11-7-8-11)12-5-3-4-6-13(12)17(10)2/h3-6,11,16H,7-9H2,1-2H3. The largest absolute Gasteiger partial charge is 0.347 e. The number of hydrogen-bond donors (Lipinski definition) is 1. The van der Waals surface area contributed by atoms with Crippen molar-refractivity contribution in [2.24, 2.45) is 7.05 Å².